The van der Waals surface area contributed by atoms with Crippen molar-refractivity contribution in [1.82, 2.24) is 5.32 Å². The predicted octanol–water partition coefficient (Wildman–Crippen LogP) is 0.758. The van der Waals surface area contributed by atoms with Crippen LogP contribution in [-0.2, 0) is 4.79 Å². The van der Waals surface area contributed by atoms with Gasteiger partial charge in [0.25, 0.3) is 0 Å². The van der Waals surface area contributed by atoms with Crippen LogP contribution >= 0.6 is 12.6 Å². The molecule has 66 valence electrons. The zero-order valence-corrected chi connectivity index (χ0v) is 7.69. The standard InChI is InChI=1S/C7H15NO2S/c1-7(2,3)8-5(4-11)6(9)10/h5,8,11H,4H2,1-3H3,(H,9,10)/t5-/m0/s1/i1D. The summed E-state index contributed by atoms with van der Waals surface area (Å²) in [7, 11) is 0. The molecule has 0 aliphatic heterocycles. The van der Waals surface area contributed by atoms with Crippen molar-refractivity contribution in [3.8, 4) is 0 Å². The monoisotopic (exact) mass is 178 g/mol. The lowest BCUT2D eigenvalue weighted by Gasteiger charge is -2.24. The molecule has 3 nitrogen and oxygen atoms in total. The molecule has 0 amide bonds. The van der Waals surface area contributed by atoms with Gasteiger partial charge in [0.05, 0.1) is 0 Å². The molecule has 0 rings (SSSR count). The smallest absolute Gasteiger partial charge is 0.321 e. The van der Waals surface area contributed by atoms with Crippen LogP contribution in [0.5, 0.6) is 0 Å². The minimum atomic E-state index is -0.925. The average Bonchev–Trinajstić information content (AvgIpc) is 2.00. The van der Waals surface area contributed by atoms with Crippen LogP contribution in [0, 0.1) is 0 Å². The molecule has 0 aromatic rings. The molecule has 0 saturated carbocycles. The van der Waals surface area contributed by atoms with E-state index in [-0.39, 0.29) is 12.7 Å². The molecule has 0 spiro atoms. The average molecular weight is 178 g/mol. The third-order valence-corrected chi connectivity index (χ3v) is 1.41. The highest BCUT2D eigenvalue weighted by Gasteiger charge is 2.21. The van der Waals surface area contributed by atoms with Crippen LogP contribution in [0.15, 0.2) is 0 Å². The van der Waals surface area contributed by atoms with Crippen LogP contribution in [0.3, 0.4) is 0 Å². The molecule has 0 bridgehead atoms. The van der Waals surface area contributed by atoms with Gasteiger partial charge in [-0.25, -0.2) is 0 Å². The van der Waals surface area contributed by atoms with Crippen molar-refractivity contribution < 1.29 is 11.3 Å². The number of thiol groups is 1. The van der Waals surface area contributed by atoms with E-state index in [1.54, 1.807) is 13.8 Å². The minimum absolute atomic E-state index is 0.143. The fourth-order valence-corrected chi connectivity index (χ4v) is 0.905. The van der Waals surface area contributed by atoms with E-state index in [0.29, 0.717) is 0 Å². The van der Waals surface area contributed by atoms with E-state index >= 15 is 0 Å². The van der Waals surface area contributed by atoms with E-state index in [4.69, 9.17) is 6.48 Å². The summed E-state index contributed by atoms with van der Waals surface area (Å²) in [6.07, 6.45) is 0. The second-order valence-electron chi connectivity index (χ2n) is 3.10. The van der Waals surface area contributed by atoms with Crippen LogP contribution in [0.2, 0.25) is 0 Å². The molecule has 0 aliphatic rings. The van der Waals surface area contributed by atoms with Crippen molar-refractivity contribution in [3.63, 3.8) is 0 Å². The third kappa shape index (κ3) is 5.09. The molecule has 0 fully saturated rings. The Kier molecular flexibility index (Phi) is 3.20. The van der Waals surface area contributed by atoms with Gasteiger partial charge in [0.1, 0.15) is 6.04 Å². The first-order chi connectivity index (χ1) is 5.43. The normalized spacial score (nSPS) is 15.7. The summed E-state index contributed by atoms with van der Waals surface area (Å²) in [4.78, 5) is 10.6. The van der Waals surface area contributed by atoms with Gasteiger partial charge in [0, 0.05) is 12.7 Å². The molecule has 11 heavy (non-hydrogen) atoms. The van der Waals surface area contributed by atoms with Crippen LogP contribution < -0.4 is 5.32 Å². The Morgan fingerprint density at radius 2 is 2.45 bits per heavy atom. The van der Waals surface area contributed by atoms with Crippen LogP contribution in [0.4, 0.5) is 0 Å². The van der Waals surface area contributed by atoms with Crippen molar-refractivity contribution in [1.29, 1.82) is 0 Å². The highest BCUT2D eigenvalue weighted by atomic mass is 32.1. The fraction of sp³-hybridized carbons (Fsp3) is 0.857. The molecule has 1 atom stereocenters. The van der Waals surface area contributed by atoms with Gasteiger partial charge in [0.2, 0.25) is 0 Å². The molecule has 0 aromatic carbocycles. The number of hydrogen-bond donors (Lipinski definition) is 3. The zero-order valence-electron chi connectivity index (χ0n) is 7.79. The SMILES string of the molecule is [2H]CC(C)(C)N[C@@H](CS)C(=O)O. The first-order valence-electron chi connectivity index (χ1n) is 4.04. The number of carbonyl (C=O) groups is 1. The lowest BCUT2D eigenvalue weighted by Crippen LogP contribution is -2.48. The summed E-state index contributed by atoms with van der Waals surface area (Å²) >= 11 is 3.90. The molecule has 0 aromatic heterocycles. The Labute approximate surface area is 74.0 Å². The lowest BCUT2D eigenvalue weighted by atomic mass is 10.1. The number of hydrogen-bond acceptors (Lipinski definition) is 3. The summed E-state index contributed by atoms with van der Waals surface area (Å²) in [5.74, 6) is -0.690. The van der Waals surface area contributed by atoms with Crippen molar-refractivity contribution >= 4 is 18.6 Å². The highest BCUT2D eigenvalue weighted by molar-refractivity contribution is 7.80. The van der Waals surface area contributed by atoms with E-state index in [9.17, 15) is 4.79 Å². The maximum Gasteiger partial charge on any atom is 0.321 e. The predicted molar refractivity (Wildman–Crippen MR) is 48.2 cm³/mol. The second-order valence-corrected chi connectivity index (χ2v) is 3.47. The first kappa shape index (κ1) is 8.87. The molecule has 0 unspecified atom stereocenters. The Hall–Kier alpha value is -0.220. The fourth-order valence-electron chi connectivity index (χ4n) is 0.657. The Morgan fingerprint density at radius 3 is 2.73 bits per heavy atom. The summed E-state index contributed by atoms with van der Waals surface area (Å²) in [6, 6.07) is -0.673. The minimum Gasteiger partial charge on any atom is -0.480 e. The molecule has 0 radical (unpaired) electrons. The van der Waals surface area contributed by atoms with E-state index in [1.165, 1.54) is 0 Å². The topological polar surface area (TPSA) is 49.3 Å². The number of rotatable bonds is 3. The first-order valence-corrected chi connectivity index (χ1v) is 3.97. The third-order valence-electron chi connectivity index (χ3n) is 1.05. The van der Waals surface area contributed by atoms with Gasteiger partial charge in [0.15, 0.2) is 0 Å². The maximum absolute atomic E-state index is 10.6. The Morgan fingerprint density at radius 1 is 1.91 bits per heavy atom. The molecule has 0 heterocycles. The van der Waals surface area contributed by atoms with Crippen LogP contribution in [-0.4, -0.2) is 28.4 Å². The van der Waals surface area contributed by atoms with Crippen LogP contribution in [0.1, 0.15) is 22.1 Å². The van der Waals surface area contributed by atoms with E-state index in [1.807, 2.05) is 0 Å². The number of carboxylic acid groups (broad SMARTS) is 1. The second kappa shape index (κ2) is 3.97. The highest BCUT2D eigenvalue weighted by Crippen LogP contribution is 2.02. The van der Waals surface area contributed by atoms with Gasteiger partial charge in [-0.15, -0.1) is 0 Å². The number of nitrogens with one attached hydrogen (secondary N) is 1. The van der Waals surface area contributed by atoms with E-state index < -0.39 is 17.6 Å². The van der Waals surface area contributed by atoms with Crippen molar-refractivity contribution in [3.05, 3.63) is 0 Å². The van der Waals surface area contributed by atoms with Crippen molar-refractivity contribution in [2.24, 2.45) is 0 Å². The molecule has 0 aliphatic carbocycles. The zero-order chi connectivity index (χ0) is 9.78. The maximum atomic E-state index is 10.6. The van der Waals surface area contributed by atoms with Gasteiger partial charge in [-0.3, -0.25) is 10.1 Å². The Bertz CT molecular complexity index is 163. The molecule has 4 heteroatoms. The summed E-state index contributed by atoms with van der Waals surface area (Å²) < 4.78 is 7.13. The number of carboxylic acids is 1. The largest absolute Gasteiger partial charge is 0.480 e. The molecular weight excluding hydrogens is 162 g/mol. The van der Waals surface area contributed by atoms with Crippen molar-refractivity contribution in [2.75, 3.05) is 5.75 Å². The van der Waals surface area contributed by atoms with Gasteiger partial charge in [-0.1, -0.05) is 0 Å². The molecule has 0 saturated heterocycles. The molecule has 2 N–H and O–H groups in total. The van der Waals surface area contributed by atoms with Gasteiger partial charge in [-0.2, -0.15) is 12.6 Å². The summed E-state index contributed by atoms with van der Waals surface area (Å²) in [5, 5.41) is 11.5. The summed E-state index contributed by atoms with van der Waals surface area (Å²) in [6.45, 7) is 3.73. The quantitative estimate of drug-likeness (QED) is 0.559. The lowest BCUT2D eigenvalue weighted by molar-refractivity contribution is -0.139. The van der Waals surface area contributed by atoms with Gasteiger partial charge >= 0.3 is 5.97 Å². The van der Waals surface area contributed by atoms with E-state index in [2.05, 4.69) is 17.9 Å². The van der Waals surface area contributed by atoms with Crippen molar-refractivity contribution in [2.45, 2.75) is 32.3 Å². The Balaban J connectivity index is 4.11. The summed E-state index contributed by atoms with van der Waals surface area (Å²) in [5.41, 5.74) is -0.466. The van der Waals surface area contributed by atoms with Crippen LogP contribution in [0.25, 0.3) is 0 Å². The van der Waals surface area contributed by atoms with Gasteiger partial charge < -0.3 is 5.11 Å². The van der Waals surface area contributed by atoms with E-state index in [0.717, 1.165) is 0 Å². The number of aliphatic carboxylic acids is 1. The molecular formula is C7H15NO2S. The van der Waals surface area contributed by atoms with Gasteiger partial charge in [-0.05, 0) is 20.7 Å².